The van der Waals surface area contributed by atoms with Crippen LogP contribution in [0.3, 0.4) is 0 Å². The molecule has 0 radical (unpaired) electrons. The average Bonchev–Trinajstić information content (AvgIpc) is 2.59. The summed E-state index contributed by atoms with van der Waals surface area (Å²) in [6, 6.07) is 3.43. The third-order valence-corrected chi connectivity index (χ3v) is 3.88. The van der Waals surface area contributed by atoms with Crippen LogP contribution in [0.1, 0.15) is 23.2 Å². The van der Waals surface area contributed by atoms with E-state index >= 15 is 0 Å². The molecule has 7 nitrogen and oxygen atoms in total. The van der Waals surface area contributed by atoms with Crippen molar-refractivity contribution >= 4 is 17.8 Å². The first-order valence-electron chi connectivity index (χ1n) is 7.50. The number of nitrogens with zero attached hydrogens (tertiary/aromatic N) is 1. The van der Waals surface area contributed by atoms with E-state index < -0.39 is 30.2 Å². The lowest BCUT2D eigenvalue weighted by atomic mass is 9.97. The van der Waals surface area contributed by atoms with Crippen LogP contribution in [0.2, 0.25) is 0 Å². The summed E-state index contributed by atoms with van der Waals surface area (Å²) < 4.78 is 23.2. The van der Waals surface area contributed by atoms with Crippen LogP contribution in [0.5, 0.6) is 5.75 Å². The van der Waals surface area contributed by atoms with Gasteiger partial charge in [-0.2, -0.15) is 0 Å². The van der Waals surface area contributed by atoms with E-state index in [0.717, 1.165) is 12.1 Å². The quantitative estimate of drug-likeness (QED) is 0.798. The van der Waals surface area contributed by atoms with Crippen molar-refractivity contribution in [2.45, 2.75) is 12.8 Å². The maximum Gasteiger partial charge on any atom is 0.342 e. The van der Waals surface area contributed by atoms with Crippen molar-refractivity contribution < 1.29 is 28.2 Å². The number of halogens is 1. The van der Waals surface area contributed by atoms with Gasteiger partial charge in [0.2, 0.25) is 5.91 Å². The fourth-order valence-corrected chi connectivity index (χ4v) is 2.57. The van der Waals surface area contributed by atoms with Crippen LogP contribution in [-0.2, 0) is 14.3 Å². The summed E-state index contributed by atoms with van der Waals surface area (Å²) in [5, 5.41) is 0. The molecule has 1 aliphatic heterocycles. The molecule has 0 spiro atoms. The number of nitrogens with two attached hydrogens (primary N) is 1. The molecule has 24 heavy (non-hydrogen) atoms. The predicted octanol–water partition coefficient (Wildman–Crippen LogP) is 0.715. The number of ether oxygens (including phenoxy) is 2. The van der Waals surface area contributed by atoms with Gasteiger partial charge in [0.25, 0.3) is 5.91 Å². The normalized spacial score (nSPS) is 17.2. The summed E-state index contributed by atoms with van der Waals surface area (Å²) >= 11 is 0. The zero-order chi connectivity index (χ0) is 17.7. The van der Waals surface area contributed by atoms with Gasteiger partial charge in [0.1, 0.15) is 17.1 Å². The SMILES string of the molecule is COc1ccc(F)cc1C(=O)OCC(=O)N1CCC[C@@H](C(N)=O)C1. The summed E-state index contributed by atoms with van der Waals surface area (Å²) in [6.45, 7) is 0.197. The molecule has 2 N–H and O–H groups in total. The smallest absolute Gasteiger partial charge is 0.342 e. The van der Waals surface area contributed by atoms with E-state index in [1.54, 1.807) is 0 Å². The number of rotatable bonds is 5. The van der Waals surface area contributed by atoms with E-state index in [1.807, 2.05) is 0 Å². The van der Waals surface area contributed by atoms with Crippen molar-refractivity contribution in [2.75, 3.05) is 26.8 Å². The van der Waals surface area contributed by atoms with E-state index in [4.69, 9.17) is 15.2 Å². The largest absolute Gasteiger partial charge is 0.496 e. The van der Waals surface area contributed by atoms with Gasteiger partial charge < -0.3 is 20.1 Å². The lowest BCUT2D eigenvalue weighted by Gasteiger charge is -2.31. The summed E-state index contributed by atoms with van der Waals surface area (Å²) in [6.07, 6.45) is 1.30. The lowest BCUT2D eigenvalue weighted by Crippen LogP contribution is -2.45. The Hall–Kier alpha value is -2.64. The van der Waals surface area contributed by atoms with E-state index in [2.05, 4.69) is 0 Å². The summed E-state index contributed by atoms with van der Waals surface area (Å²) in [7, 11) is 1.34. The van der Waals surface area contributed by atoms with Gasteiger partial charge in [0.05, 0.1) is 13.0 Å². The Kier molecular flexibility index (Phi) is 5.73. The molecule has 1 aliphatic rings. The summed E-state index contributed by atoms with van der Waals surface area (Å²) in [4.78, 5) is 36.8. The van der Waals surface area contributed by atoms with Crippen molar-refractivity contribution in [2.24, 2.45) is 11.7 Å². The second-order valence-electron chi connectivity index (χ2n) is 5.50. The van der Waals surface area contributed by atoms with Gasteiger partial charge >= 0.3 is 5.97 Å². The Balaban J connectivity index is 1.95. The molecule has 8 heteroatoms. The minimum Gasteiger partial charge on any atom is -0.496 e. The van der Waals surface area contributed by atoms with Crippen molar-refractivity contribution in [3.63, 3.8) is 0 Å². The number of piperidine rings is 1. The number of benzene rings is 1. The number of amides is 2. The maximum atomic E-state index is 13.3. The molecule has 1 atom stereocenters. The van der Waals surface area contributed by atoms with E-state index in [9.17, 15) is 18.8 Å². The minimum absolute atomic E-state index is 0.0982. The lowest BCUT2D eigenvalue weighted by molar-refractivity contribution is -0.137. The second-order valence-corrected chi connectivity index (χ2v) is 5.50. The number of methoxy groups -OCH3 is 1. The number of carbonyl (C=O) groups is 3. The number of primary amides is 1. The van der Waals surface area contributed by atoms with Gasteiger partial charge in [-0.25, -0.2) is 9.18 Å². The van der Waals surface area contributed by atoms with Crippen LogP contribution < -0.4 is 10.5 Å². The topological polar surface area (TPSA) is 98.9 Å². The van der Waals surface area contributed by atoms with Crippen molar-refractivity contribution in [3.8, 4) is 5.75 Å². The fraction of sp³-hybridized carbons (Fsp3) is 0.438. The van der Waals surface area contributed by atoms with Crippen molar-refractivity contribution in [1.82, 2.24) is 4.90 Å². The van der Waals surface area contributed by atoms with Crippen LogP contribution >= 0.6 is 0 Å². The molecular weight excluding hydrogens is 319 g/mol. The molecular formula is C16H19FN2O5. The van der Waals surface area contributed by atoms with E-state index in [-0.39, 0.29) is 23.8 Å². The van der Waals surface area contributed by atoms with Crippen molar-refractivity contribution in [1.29, 1.82) is 0 Å². The first-order chi connectivity index (χ1) is 11.4. The first-order valence-corrected chi connectivity index (χ1v) is 7.50. The highest BCUT2D eigenvalue weighted by molar-refractivity contribution is 5.94. The number of hydrogen-bond donors (Lipinski definition) is 1. The third-order valence-electron chi connectivity index (χ3n) is 3.88. The highest BCUT2D eigenvalue weighted by Gasteiger charge is 2.27. The monoisotopic (exact) mass is 338 g/mol. The Morgan fingerprint density at radius 1 is 1.38 bits per heavy atom. The van der Waals surface area contributed by atoms with Gasteiger partial charge in [-0.1, -0.05) is 0 Å². The molecule has 0 aliphatic carbocycles. The molecule has 1 fully saturated rings. The zero-order valence-corrected chi connectivity index (χ0v) is 13.3. The van der Waals surface area contributed by atoms with Gasteiger partial charge in [0.15, 0.2) is 6.61 Å². The number of hydrogen-bond acceptors (Lipinski definition) is 5. The van der Waals surface area contributed by atoms with Gasteiger partial charge in [0, 0.05) is 13.1 Å². The summed E-state index contributed by atoms with van der Waals surface area (Å²) in [5.41, 5.74) is 5.16. The number of esters is 1. The molecule has 130 valence electrons. The Labute approximate surface area is 138 Å². The second kappa shape index (κ2) is 7.76. The number of carbonyl (C=O) groups excluding carboxylic acids is 3. The Morgan fingerprint density at radius 2 is 2.12 bits per heavy atom. The molecule has 0 unspecified atom stereocenters. The minimum atomic E-state index is -0.858. The van der Waals surface area contributed by atoms with Crippen LogP contribution in [0.15, 0.2) is 18.2 Å². The molecule has 0 bridgehead atoms. The molecule has 0 saturated carbocycles. The predicted molar refractivity (Wildman–Crippen MR) is 81.7 cm³/mol. The standard InChI is InChI=1S/C16H19FN2O5/c1-23-13-5-4-11(17)7-12(13)16(22)24-9-14(20)19-6-2-3-10(8-19)15(18)21/h4-5,7,10H,2-3,6,8-9H2,1H3,(H2,18,21)/t10-/m1/s1. The molecule has 1 aromatic rings. The molecule has 1 aromatic carbocycles. The molecule has 0 aromatic heterocycles. The van der Waals surface area contributed by atoms with Crippen LogP contribution in [-0.4, -0.2) is 49.5 Å². The average molecular weight is 338 g/mol. The first kappa shape index (κ1) is 17.7. The fourth-order valence-electron chi connectivity index (χ4n) is 2.57. The highest BCUT2D eigenvalue weighted by atomic mass is 19.1. The molecule has 2 rings (SSSR count). The molecule has 1 heterocycles. The highest BCUT2D eigenvalue weighted by Crippen LogP contribution is 2.20. The van der Waals surface area contributed by atoms with Crippen molar-refractivity contribution in [3.05, 3.63) is 29.6 Å². The van der Waals surface area contributed by atoms with Crippen LogP contribution in [0, 0.1) is 11.7 Å². The van der Waals surface area contributed by atoms with Gasteiger partial charge in [-0.15, -0.1) is 0 Å². The van der Waals surface area contributed by atoms with E-state index in [1.165, 1.54) is 18.1 Å². The third kappa shape index (κ3) is 4.21. The molecule has 2 amide bonds. The molecule has 1 saturated heterocycles. The van der Waals surface area contributed by atoms with Gasteiger partial charge in [-0.05, 0) is 31.0 Å². The van der Waals surface area contributed by atoms with E-state index in [0.29, 0.717) is 19.4 Å². The number of likely N-dealkylation sites (tertiary alicyclic amines) is 1. The Morgan fingerprint density at radius 3 is 2.79 bits per heavy atom. The Bertz CT molecular complexity index is 649. The van der Waals surface area contributed by atoms with Crippen LogP contribution in [0.4, 0.5) is 4.39 Å². The van der Waals surface area contributed by atoms with Gasteiger partial charge in [-0.3, -0.25) is 9.59 Å². The van der Waals surface area contributed by atoms with Crippen LogP contribution in [0.25, 0.3) is 0 Å². The zero-order valence-electron chi connectivity index (χ0n) is 13.3. The maximum absolute atomic E-state index is 13.3. The summed E-state index contributed by atoms with van der Waals surface area (Å²) in [5.74, 6) is -2.58.